The molecule has 28 heavy (non-hydrogen) atoms. The predicted molar refractivity (Wildman–Crippen MR) is 113 cm³/mol. The number of nitrogens with zero attached hydrogens (tertiary/aromatic N) is 1. The van der Waals surface area contributed by atoms with Crippen LogP contribution in [0.2, 0.25) is 0 Å². The quantitative estimate of drug-likeness (QED) is 0.740. The SMILES string of the molecule is CC(C)=CC1C(C(=O)NC2CCN(CC(=O)Nc3ccccc3)CC2)C1(C)C. The van der Waals surface area contributed by atoms with Gasteiger partial charge < -0.3 is 10.6 Å². The fourth-order valence-electron chi connectivity index (χ4n) is 4.30. The number of hydrogen-bond donors (Lipinski definition) is 2. The van der Waals surface area contributed by atoms with Gasteiger partial charge >= 0.3 is 0 Å². The molecule has 2 unspecified atom stereocenters. The largest absolute Gasteiger partial charge is 0.353 e. The van der Waals surface area contributed by atoms with Gasteiger partial charge in [-0.2, -0.15) is 0 Å². The number of rotatable bonds is 6. The summed E-state index contributed by atoms with van der Waals surface area (Å²) in [4.78, 5) is 27.1. The highest BCUT2D eigenvalue weighted by Gasteiger charge is 2.60. The van der Waals surface area contributed by atoms with Gasteiger partial charge in [-0.05, 0) is 50.2 Å². The molecule has 0 spiro atoms. The van der Waals surface area contributed by atoms with Crippen molar-refractivity contribution < 1.29 is 9.59 Å². The summed E-state index contributed by atoms with van der Waals surface area (Å²) in [5.74, 6) is 0.627. The summed E-state index contributed by atoms with van der Waals surface area (Å²) in [5.41, 5.74) is 2.15. The molecular formula is C23H33N3O2. The molecule has 1 aromatic carbocycles. The molecule has 2 N–H and O–H groups in total. The maximum Gasteiger partial charge on any atom is 0.238 e. The second kappa shape index (κ2) is 8.48. The molecule has 1 aliphatic heterocycles. The number of carbonyl (C=O) groups excluding carboxylic acids is 2. The van der Waals surface area contributed by atoms with Crippen LogP contribution in [0, 0.1) is 17.3 Å². The summed E-state index contributed by atoms with van der Waals surface area (Å²) < 4.78 is 0. The van der Waals surface area contributed by atoms with E-state index in [1.54, 1.807) is 0 Å². The van der Waals surface area contributed by atoms with Crippen LogP contribution >= 0.6 is 0 Å². The van der Waals surface area contributed by atoms with Gasteiger partial charge in [0, 0.05) is 24.8 Å². The summed E-state index contributed by atoms with van der Waals surface area (Å²) in [7, 11) is 0. The van der Waals surface area contributed by atoms with E-state index < -0.39 is 0 Å². The highest BCUT2D eigenvalue weighted by molar-refractivity contribution is 5.92. The van der Waals surface area contributed by atoms with Crippen molar-refractivity contribution in [2.75, 3.05) is 25.0 Å². The van der Waals surface area contributed by atoms with E-state index in [4.69, 9.17) is 0 Å². The predicted octanol–water partition coefficient (Wildman–Crippen LogP) is 3.44. The van der Waals surface area contributed by atoms with Gasteiger partial charge in [0.25, 0.3) is 0 Å². The lowest BCUT2D eigenvalue weighted by Crippen LogP contribution is -2.47. The molecular weight excluding hydrogens is 350 g/mol. The monoisotopic (exact) mass is 383 g/mol. The molecule has 1 aliphatic carbocycles. The first-order chi connectivity index (χ1) is 13.3. The summed E-state index contributed by atoms with van der Waals surface area (Å²) in [6, 6.07) is 9.74. The molecule has 5 nitrogen and oxygen atoms in total. The van der Waals surface area contributed by atoms with E-state index in [0.29, 0.717) is 12.5 Å². The zero-order chi connectivity index (χ0) is 20.3. The summed E-state index contributed by atoms with van der Waals surface area (Å²) in [5, 5.41) is 6.19. The molecule has 2 fully saturated rings. The number of likely N-dealkylation sites (tertiary alicyclic amines) is 1. The number of nitrogens with one attached hydrogen (secondary N) is 2. The van der Waals surface area contributed by atoms with Crippen LogP contribution < -0.4 is 10.6 Å². The zero-order valence-corrected chi connectivity index (χ0v) is 17.5. The van der Waals surface area contributed by atoms with Crippen molar-refractivity contribution in [3.05, 3.63) is 42.0 Å². The molecule has 1 heterocycles. The van der Waals surface area contributed by atoms with E-state index in [-0.39, 0.29) is 29.2 Å². The minimum absolute atomic E-state index is 0.0120. The van der Waals surface area contributed by atoms with Crippen molar-refractivity contribution in [2.24, 2.45) is 17.3 Å². The number of carbonyl (C=O) groups is 2. The maximum absolute atomic E-state index is 12.7. The molecule has 5 heteroatoms. The molecule has 0 aromatic heterocycles. The van der Waals surface area contributed by atoms with E-state index >= 15 is 0 Å². The Hall–Kier alpha value is -2.14. The van der Waals surface area contributed by atoms with E-state index in [0.717, 1.165) is 31.6 Å². The fourth-order valence-corrected chi connectivity index (χ4v) is 4.30. The third kappa shape index (κ3) is 5.02. The van der Waals surface area contributed by atoms with Crippen LogP contribution in [0.15, 0.2) is 42.0 Å². The summed E-state index contributed by atoms with van der Waals surface area (Å²) >= 11 is 0. The average molecular weight is 384 g/mol. The molecule has 152 valence electrons. The topological polar surface area (TPSA) is 61.4 Å². The second-order valence-corrected chi connectivity index (χ2v) is 9.04. The third-order valence-electron chi connectivity index (χ3n) is 6.06. The first-order valence-electron chi connectivity index (χ1n) is 10.3. The van der Waals surface area contributed by atoms with Crippen molar-refractivity contribution in [2.45, 2.75) is 46.6 Å². The Bertz CT molecular complexity index is 729. The molecule has 2 amide bonds. The number of piperidine rings is 1. The van der Waals surface area contributed by atoms with Crippen molar-refractivity contribution in [3.63, 3.8) is 0 Å². The van der Waals surface area contributed by atoms with Crippen LogP contribution in [0.3, 0.4) is 0 Å². The Morgan fingerprint density at radius 1 is 1.14 bits per heavy atom. The highest BCUT2D eigenvalue weighted by atomic mass is 16.2. The van der Waals surface area contributed by atoms with Crippen molar-refractivity contribution in [1.82, 2.24) is 10.2 Å². The van der Waals surface area contributed by atoms with Gasteiger partial charge in [-0.1, -0.05) is 43.7 Å². The van der Waals surface area contributed by atoms with Crippen LogP contribution in [0.4, 0.5) is 5.69 Å². The van der Waals surface area contributed by atoms with Crippen molar-refractivity contribution in [3.8, 4) is 0 Å². The Balaban J connectivity index is 1.41. The smallest absolute Gasteiger partial charge is 0.238 e. The second-order valence-electron chi connectivity index (χ2n) is 9.04. The molecule has 2 aliphatic rings. The highest BCUT2D eigenvalue weighted by Crippen LogP contribution is 2.59. The van der Waals surface area contributed by atoms with Crippen molar-refractivity contribution >= 4 is 17.5 Å². The number of allylic oxidation sites excluding steroid dienone is 2. The van der Waals surface area contributed by atoms with Gasteiger partial charge in [0.2, 0.25) is 11.8 Å². The van der Waals surface area contributed by atoms with Crippen LogP contribution in [-0.2, 0) is 9.59 Å². The fraction of sp³-hybridized carbons (Fsp3) is 0.565. The van der Waals surface area contributed by atoms with E-state index in [9.17, 15) is 9.59 Å². The lowest BCUT2D eigenvalue weighted by atomic mass is 10.0. The van der Waals surface area contributed by atoms with Gasteiger partial charge in [0.1, 0.15) is 0 Å². The normalized spacial score (nSPS) is 24.3. The van der Waals surface area contributed by atoms with E-state index in [1.165, 1.54) is 5.57 Å². The van der Waals surface area contributed by atoms with Gasteiger partial charge in [-0.3, -0.25) is 14.5 Å². The average Bonchev–Trinajstić information content (AvgIpc) is 3.17. The van der Waals surface area contributed by atoms with Crippen molar-refractivity contribution in [1.29, 1.82) is 0 Å². The van der Waals surface area contributed by atoms with Crippen LogP contribution in [-0.4, -0.2) is 42.4 Å². The molecule has 1 saturated heterocycles. The van der Waals surface area contributed by atoms with Gasteiger partial charge in [0.15, 0.2) is 0 Å². The van der Waals surface area contributed by atoms with Crippen LogP contribution in [0.1, 0.15) is 40.5 Å². The summed E-state index contributed by atoms with van der Waals surface area (Å²) in [6.07, 6.45) is 4.02. The van der Waals surface area contributed by atoms with Gasteiger partial charge in [-0.25, -0.2) is 0 Å². The standard InChI is InChI=1S/C23H33N3O2/c1-16(2)14-19-21(23(19,3)4)22(28)25-18-10-12-26(13-11-18)15-20(27)24-17-8-6-5-7-9-17/h5-9,14,18-19,21H,10-13,15H2,1-4H3,(H,24,27)(H,25,28). The number of benzene rings is 1. The van der Waals surface area contributed by atoms with E-state index in [2.05, 4.69) is 49.3 Å². The first kappa shape index (κ1) is 20.6. The molecule has 3 rings (SSSR count). The minimum atomic E-state index is 0.0120. The Morgan fingerprint density at radius 3 is 2.39 bits per heavy atom. The Labute approximate surface area is 168 Å². The molecule has 0 radical (unpaired) electrons. The van der Waals surface area contributed by atoms with Crippen LogP contribution in [0.25, 0.3) is 0 Å². The van der Waals surface area contributed by atoms with E-state index in [1.807, 2.05) is 30.3 Å². The Kier molecular flexibility index (Phi) is 6.23. The number of amides is 2. The van der Waals surface area contributed by atoms with Crippen LogP contribution in [0.5, 0.6) is 0 Å². The van der Waals surface area contributed by atoms with Gasteiger partial charge in [-0.15, -0.1) is 0 Å². The number of anilines is 1. The maximum atomic E-state index is 12.7. The molecule has 1 aromatic rings. The van der Waals surface area contributed by atoms with Gasteiger partial charge in [0.05, 0.1) is 12.5 Å². The molecule has 0 bridgehead atoms. The summed E-state index contributed by atoms with van der Waals surface area (Å²) in [6.45, 7) is 10.6. The Morgan fingerprint density at radius 2 is 1.79 bits per heavy atom. The minimum Gasteiger partial charge on any atom is -0.353 e. The zero-order valence-electron chi connectivity index (χ0n) is 17.5. The molecule has 2 atom stereocenters. The lowest BCUT2D eigenvalue weighted by molar-refractivity contribution is -0.124. The third-order valence-corrected chi connectivity index (χ3v) is 6.06. The molecule has 1 saturated carbocycles. The number of para-hydroxylation sites is 1. The first-order valence-corrected chi connectivity index (χ1v) is 10.3. The lowest BCUT2D eigenvalue weighted by Gasteiger charge is -2.32. The number of hydrogen-bond acceptors (Lipinski definition) is 3.